The van der Waals surface area contributed by atoms with Crippen molar-refractivity contribution in [3.8, 4) is 0 Å². The Morgan fingerprint density at radius 3 is 2.31 bits per heavy atom. The zero-order valence-corrected chi connectivity index (χ0v) is 9.83. The number of carbonyl (C=O) groups excluding carboxylic acids is 1. The largest absolute Gasteiger partial charge is 0.368 e. The summed E-state index contributed by atoms with van der Waals surface area (Å²) in [4.78, 5) is 16.8. The lowest BCUT2D eigenvalue weighted by atomic mass is 10.2. The molecule has 0 saturated carbocycles. The van der Waals surface area contributed by atoms with Gasteiger partial charge in [-0.25, -0.2) is 0 Å². The number of hydrogen-bond donors (Lipinski definition) is 2. The summed E-state index contributed by atoms with van der Waals surface area (Å²) in [6.07, 6.45) is 3.76. The number of carbonyl (C=O) groups is 1. The van der Waals surface area contributed by atoms with Gasteiger partial charge in [0.15, 0.2) is 0 Å². The van der Waals surface area contributed by atoms with E-state index in [-0.39, 0.29) is 0 Å². The van der Waals surface area contributed by atoms with Gasteiger partial charge < -0.3 is 5.73 Å². The van der Waals surface area contributed by atoms with Crippen molar-refractivity contribution in [1.82, 2.24) is 9.19 Å². The van der Waals surface area contributed by atoms with E-state index in [0.717, 1.165) is 25.7 Å². The first kappa shape index (κ1) is 13.4. The molecule has 1 rings (SSSR count). The van der Waals surface area contributed by atoms with Gasteiger partial charge in [0.1, 0.15) is 6.61 Å². The summed E-state index contributed by atoms with van der Waals surface area (Å²) in [6, 6.07) is 0. The van der Waals surface area contributed by atoms with Crippen LogP contribution in [-0.4, -0.2) is 38.3 Å². The molecule has 1 heterocycles. The molecule has 0 aliphatic carbocycles. The van der Waals surface area contributed by atoms with E-state index < -0.39 is 22.7 Å². The highest BCUT2D eigenvalue weighted by Crippen LogP contribution is 2.12. The van der Waals surface area contributed by atoms with Gasteiger partial charge in [0, 0.05) is 13.1 Å². The van der Waals surface area contributed by atoms with Gasteiger partial charge in [0.25, 0.3) is 0 Å². The van der Waals surface area contributed by atoms with Gasteiger partial charge in [-0.05, 0) is 12.8 Å². The van der Waals surface area contributed by atoms with E-state index in [0.29, 0.717) is 13.1 Å². The van der Waals surface area contributed by atoms with Crippen molar-refractivity contribution in [2.24, 2.45) is 5.73 Å². The van der Waals surface area contributed by atoms with Crippen LogP contribution >= 0.6 is 0 Å². The molecule has 0 aromatic heterocycles. The SMILES string of the molecule is NC(=O)CONS(=O)(=O)N1CCCCCC1. The average Bonchev–Trinajstić information content (AvgIpc) is 2.44. The normalized spacial score (nSPS) is 19.2. The van der Waals surface area contributed by atoms with Crippen LogP contribution in [0.1, 0.15) is 25.7 Å². The van der Waals surface area contributed by atoms with Crippen LogP contribution in [0, 0.1) is 0 Å². The molecule has 1 saturated heterocycles. The van der Waals surface area contributed by atoms with Crippen LogP contribution in [0.15, 0.2) is 0 Å². The first-order valence-corrected chi connectivity index (χ1v) is 6.63. The van der Waals surface area contributed by atoms with E-state index in [1.165, 1.54) is 4.31 Å². The lowest BCUT2D eigenvalue weighted by Crippen LogP contribution is -2.42. The standard InChI is InChI=1S/C8H17N3O4S/c9-8(12)7-15-10-16(13,14)11-5-3-1-2-4-6-11/h10H,1-7H2,(H2,9,12). The summed E-state index contributed by atoms with van der Waals surface area (Å²) < 4.78 is 24.6. The Kier molecular flexibility index (Phi) is 5.13. The minimum Gasteiger partial charge on any atom is -0.368 e. The topological polar surface area (TPSA) is 102 Å². The molecule has 0 radical (unpaired) electrons. The molecule has 0 aromatic rings. The van der Waals surface area contributed by atoms with Crippen LogP contribution in [0.5, 0.6) is 0 Å². The summed E-state index contributed by atoms with van der Waals surface area (Å²) in [5.41, 5.74) is 4.81. The van der Waals surface area contributed by atoms with Crippen LogP contribution in [0.25, 0.3) is 0 Å². The monoisotopic (exact) mass is 251 g/mol. The number of nitrogens with zero attached hydrogens (tertiary/aromatic N) is 1. The van der Waals surface area contributed by atoms with Crippen molar-refractivity contribution in [2.45, 2.75) is 25.7 Å². The maximum atomic E-state index is 11.7. The molecule has 8 heteroatoms. The first-order valence-electron chi connectivity index (χ1n) is 5.19. The van der Waals surface area contributed by atoms with Crippen molar-refractivity contribution >= 4 is 16.1 Å². The van der Waals surface area contributed by atoms with E-state index in [2.05, 4.69) is 4.84 Å². The molecule has 94 valence electrons. The third-order valence-corrected chi connectivity index (χ3v) is 3.66. The summed E-state index contributed by atoms with van der Waals surface area (Å²) in [5.74, 6) is -0.724. The number of nitrogens with two attached hydrogens (primary N) is 1. The van der Waals surface area contributed by atoms with Crippen molar-refractivity contribution in [2.75, 3.05) is 19.7 Å². The Hall–Kier alpha value is -0.700. The van der Waals surface area contributed by atoms with E-state index in [1.807, 2.05) is 4.89 Å². The van der Waals surface area contributed by atoms with E-state index in [9.17, 15) is 13.2 Å². The maximum absolute atomic E-state index is 11.7. The predicted octanol–water partition coefficient (Wildman–Crippen LogP) is -0.886. The van der Waals surface area contributed by atoms with E-state index >= 15 is 0 Å². The molecular formula is C8H17N3O4S. The van der Waals surface area contributed by atoms with Gasteiger partial charge in [0.05, 0.1) is 0 Å². The minimum absolute atomic E-state index is 0.465. The minimum atomic E-state index is -3.65. The molecule has 1 aliphatic heterocycles. The number of amides is 1. The van der Waals surface area contributed by atoms with Gasteiger partial charge in [-0.2, -0.15) is 12.7 Å². The molecule has 1 aliphatic rings. The van der Waals surface area contributed by atoms with Crippen LogP contribution in [0.3, 0.4) is 0 Å². The van der Waals surface area contributed by atoms with Gasteiger partial charge in [0.2, 0.25) is 5.91 Å². The quantitative estimate of drug-likeness (QED) is 0.619. The second-order valence-corrected chi connectivity index (χ2v) is 5.29. The molecule has 0 bridgehead atoms. The first-order chi connectivity index (χ1) is 7.52. The van der Waals surface area contributed by atoms with E-state index in [1.54, 1.807) is 0 Å². The summed E-state index contributed by atoms with van der Waals surface area (Å²) in [5, 5.41) is 0. The second-order valence-electron chi connectivity index (χ2n) is 3.66. The highest BCUT2D eigenvalue weighted by molar-refractivity contribution is 7.87. The zero-order chi connectivity index (χ0) is 12.0. The van der Waals surface area contributed by atoms with Crippen LogP contribution < -0.4 is 10.6 Å². The van der Waals surface area contributed by atoms with Crippen molar-refractivity contribution < 1.29 is 18.0 Å². The van der Waals surface area contributed by atoms with Gasteiger partial charge in [-0.1, -0.05) is 17.7 Å². The molecule has 7 nitrogen and oxygen atoms in total. The Labute approximate surface area is 95.1 Å². The Bertz CT molecular complexity index is 322. The lowest BCUT2D eigenvalue weighted by Gasteiger charge is -2.19. The molecule has 0 unspecified atom stereocenters. The molecule has 3 N–H and O–H groups in total. The smallest absolute Gasteiger partial charge is 0.301 e. The molecule has 0 aromatic carbocycles. The van der Waals surface area contributed by atoms with Crippen molar-refractivity contribution in [1.29, 1.82) is 0 Å². The zero-order valence-electron chi connectivity index (χ0n) is 9.02. The number of primary amides is 1. The second kappa shape index (κ2) is 6.14. The number of nitrogens with one attached hydrogen (secondary N) is 1. The average molecular weight is 251 g/mol. The molecular weight excluding hydrogens is 234 g/mol. The Morgan fingerprint density at radius 1 is 1.25 bits per heavy atom. The van der Waals surface area contributed by atoms with Crippen LogP contribution in [0.2, 0.25) is 0 Å². The molecule has 16 heavy (non-hydrogen) atoms. The van der Waals surface area contributed by atoms with E-state index in [4.69, 9.17) is 5.73 Å². The Morgan fingerprint density at radius 2 is 1.81 bits per heavy atom. The van der Waals surface area contributed by atoms with Gasteiger partial charge in [-0.15, -0.1) is 0 Å². The van der Waals surface area contributed by atoms with Crippen molar-refractivity contribution in [3.05, 3.63) is 0 Å². The fourth-order valence-corrected chi connectivity index (χ4v) is 2.56. The maximum Gasteiger partial charge on any atom is 0.301 e. The van der Waals surface area contributed by atoms with Crippen LogP contribution in [0.4, 0.5) is 0 Å². The highest BCUT2D eigenvalue weighted by Gasteiger charge is 2.22. The summed E-state index contributed by atoms with van der Waals surface area (Å²) in [7, 11) is -3.65. The molecule has 1 amide bonds. The number of rotatable bonds is 5. The van der Waals surface area contributed by atoms with Crippen molar-refractivity contribution in [3.63, 3.8) is 0 Å². The third kappa shape index (κ3) is 4.44. The van der Waals surface area contributed by atoms with Gasteiger partial charge >= 0.3 is 10.2 Å². The summed E-state index contributed by atoms with van der Waals surface area (Å²) >= 11 is 0. The molecule has 0 spiro atoms. The number of hydrogen-bond acceptors (Lipinski definition) is 4. The fraction of sp³-hybridized carbons (Fsp3) is 0.875. The highest BCUT2D eigenvalue weighted by atomic mass is 32.2. The predicted molar refractivity (Wildman–Crippen MR) is 57.2 cm³/mol. The van der Waals surface area contributed by atoms with Crippen LogP contribution in [-0.2, 0) is 19.8 Å². The Balaban J connectivity index is 2.44. The molecule has 1 fully saturated rings. The summed E-state index contributed by atoms with van der Waals surface area (Å²) in [6.45, 7) is 0.498. The third-order valence-electron chi connectivity index (χ3n) is 2.28. The lowest BCUT2D eigenvalue weighted by molar-refractivity contribution is -0.123. The van der Waals surface area contributed by atoms with Gasteiger partial charge in [-0.3, -0.25) is 9.63 Å². The fourth-order valence-electron chi connectivity index (χ4n) is 1.51. The molecule has 0 atom stereocenters.